The van der Waals surface area contributed by atoms with Gasteiger partial charge in [0, 0.05) is 49.3 Å². The fourth-order valence-corrected chi connectivity index (χ4v) is 3.83. The zero-order valence-electron chi connectivity index (χ0n) is 16.6. The van der Waals surface area contributed by atoms with Crippen LogP contribution in [-0.4, -0.2) is 59.2 Å². The van der Waals surface area contributed by atoms with Crippen LogP contribution < -0.4 is 4.90 Å². The van der Waals surface area contributed by atoms with E-state index in [0.29, 0.717) is 36.2 Å². The van der Waals surface area contributed by atoms with E-state index in [4.69, 9.17) is 28.3 Å². The maximum absolute atomic E-state index is 11.8. The topological polar surface area (TPSA) is 69.6 Å². The maximum Gasteiger partial charge on any atom is 0.246 e. The lowest BCUT2D eigenvalue weighted by molar-refractivity contribution is -0.126. The van der Waals surface area contributed by atoms with Crippen molar-refractivity contribution >= 4 is 45.8 Å². The van der Waals surface area contributed by atoms with Crippen molar-refractivity contribution in [2.24, 2.45) is 0 Å². The van der Waals surface area contributed by atoms with Gasteiger partial charge in [0.2, 0.25) is 5.91 Å². The summed E-state index contributed by atoms with van der Waals surface area (Å²) in [6.07, 6.45) is 2.91. The number of aliphatic hydroxyl groups excluding tert-OH is 1. The zero-order chi connectivity index (χ0) is 21.7. The molecule has 1 N–H and O–H groups in total. The van der Waals surface area contributed by atoms with Crippen LogP contribution in [-0.2, 0) is 4.79 Å². The van der Waals surface area contributed by atoms with E-state index in [1.165, 1.54) is 6.08 Å². The molecule has 1 aliphatic heterocycles. The Morgan fingerprint density at radius 1 is 1.07 bits per heavy atom. The van der Waals surface area contributed by atoms with E-state index in [-0.39, 0.29) is 5.91 Å². The van der Waals surface area contributed by atoms with Crippen LogP contribution in [0, 0.1) is 0 Å². The zero-order valence-corrected chi connectivity index (χ0v) is 18.1. The molecule has 0 spiro atoms. The number of anilines is 1. The molecule has 1 saturated heterocycles. The van der Waals surface area contributed by atoms with E-state index < -0.39 is 0 Å². The summed E-state index contributed by atoms with van der Waals surface area (Å²) in [6.45, 7) is 6.22. The Bertz CT molecular complexity index is 1050. The predicted molar refractivity (Wildman–Crippen MR) is 122 cm³/mol. The van der Waals surface area contributed by atoms with Crippen LogP contribution in [0.3, 0.4) is 0 Å². The third kappa shape index (κ3) is 4.56. The fourth-order valence-electron chi connectivity index (χ4n) is 3.43. The minimum Gasteiger partial charge on any atom is -0.400 e. The van der Waals surface area contributed by atoms with Crippen molar-refractivity contribution < 1.29 is 9.90 Å². The summed E-state index contributed by atoms with van der Waals surface area (Å²) in [7, 11) is 1.00. The number of fused-ring (bicyclic) bond motifs is 1. The molecular formula is C22H22Cl2N4O2. The highest BCUT2D eigenvalue weighted by atomic mass is 35.5. The number of carbonyl (C=O) groups excluding carboxylic acids is 1. The van der Waals surface area contributed by atoms with Gasteiger partial charge in [-0.05, 0) is 35.9 Å². The first-order valence-corrected chi connectivity index (χ1v) is 10.1. The van der Waals surface area contributed by atoms with Gasteiger partial charge < -0.3 is 14.9 Å². The number of hydrogen-bond acceptors (Lipinski definition) is 5. The van der Waals surface area contributed by atoms with Crippen molar-refractivity contribution in [2.45, 2.75) is 0 Å². The van der Waals surface area contributed by atoms with Gasteiger partial charge in [-0.1, -0.05) is 41.9 Å². The van der Waals surface area contributed by atoms with Crippen molar-refractivity contribution in [3.05, 3.63) is 65.4 Å². The number of amides is 1. The van der Waals surface area contributed by atoms with E-state index in [0.717, 1.165) is 35.0 Å². The Hall–Kier alpha value is -2.67. The second kappa shape index (κ2) is 9.89. The van der Waals surface area contributed by atoms with Gasteiger partial charge in [-0.25, -0.2) is 9.97 Å². The number of rotatable bonds is 3. The van der Waals surface area contributed by atoms with Gasteiger partial charge in [0.15, 0.2) is 0 Å². The molecule has 1 aliphatic rings. The van der Waals surface area contributed by atoms with E-state index in [1.54, 1.807) is 11.2 Å². The number of benzene rings is 2. The molecule has 6 nitrogen and oxygen atoms in total. The summed E-state index contributed by atoms with van der Waals surface area (Å²) in [4.78, 5) is 24.7. The largest absolute Gasteiger partial charge is 0.400 e. The van der Waals surface area contributed by atoms with Crippen molar-refractivity contribution in [1.82, 2.24) is 14.9 Å². The lowest BCUT2D eigenvalue weighted by Crippen LogP contribution is -2.48. The summed E-state index contributed by atoms with van der Waals surface area (Å²) in [5.74, 6) is 0.812. The lowest BCUT2D eigenvalue weighted by atomic mass is 10.0. The normalized spacial score (nSPS) is 13.6. The predicted octanol–water partition coefficient (Wildman–Crippen LogP) is 4.05. The van der Waals surface area contributed by atoms with E-state index in [9.17, 15) is 4.79 Å². The third-order valence-corrected chi connectivity index (χ3v) is 5.49. The number of aliphatic hydroxyl groups is 1. The SMILES string of the molecule is C=CC(=O)N1CCN(c2ncnc3cc(Cl)c(-c4ccc(Cl)cc4)cc23)CC1.CO. The standard InChI is InChI=1S/C21H18Cl2N4O.CH4O/c1-2-20(28)26-7-9-27(10-8-26)21-17-11-16(14-3-5-15(22)6-4-14)18(23)12-19(17)24-13-25-21;1-2/h2-6,11-13H,1,7-10H2;2H,1H3. The van der Waals surface area contributed by atoms with Crippen molar-refractivity contribution in [2.75, 3.05) is 38.2 Å². The van der Waals surface area contributed by atoms with E-state index >= 15 is 0 Å². The average Bonchev–Trinajstić information content (AvgIpc) is 2.80. The van der Waals surface area contributed by atoms with Crippen LogP contribution in [0.15, 0.2) is 55.4 Å². The molecule has 156 valence electrons. The minimum atomic E-state index is -0.0380. The summed E-state index contributed by atoms with van der Waals surface area (Å²) >= 11 is 12.5. The van der Waals surface area contributed by atoms with Crippen LogP contribution in [0.25, 0.3) is 22.0 Å². The Morgan fingerprint density at radius 2 is 1.73 bits per heavy atom. The number of halogens is 2. The molecule has 0 saturated carbocycles. The molecular weight excluding hydrogens is 423 g/mol. The second-order valence-corrected chi connectivity index (χ2v) is 7.41. The molecule has 4 rings (SSSR count). The number of piperazine rings is 1. The lowest BCUT2D eigenvalue weighted by Gasteiger charge is -2.35. The molecule has 0 bridgehead atoms. The van der Waals surface area contributed by atoms with Gasteiger partial charge in [-0.2, -0.15) is 0 Å². The number of carbonyl (C=O) groups is 1. The highest BCUT2D eigenvalue weighted by Gasteiger charge is 2.22. The molecule has 2 heterocycles. The van der Waals surface area contributed by atoms with Crippen molar-refractivity contribution in [1.29, 1.82) is 0 Å². The van der Waals surface area contributed by atoms with Crippen LogP contribution >= 0.6 is 23.2 Å². The molecule has 0 atom stereocenters. The molecule has 0 radical (unpaired) electrons. The second-order valence-electron chi connectivity index (χ2n) is 6.57. The Kier molecular flexibility index (Phi) is 7.26. The molecule has 3 aromatic rings. The summed E-state index contributed by atoms with van der Waals surface area (Å²) in [5, 5.41) is 9.23. The van der Waals surface area contributed by atoms with Gasteiger partial charge in [-0.15, -0.1) is 0 Å². The quantitative estimate of drug-likeness (QED) is 0.617. The van der Waals surface area contributed by atoms with E-state index in [2.05, 4.69) is 21.4 Å². The molecule has 1 fully saturated rings. The summed E-state index contributed by atoms with van der Waals surface area (Å²) in [5.41, 5.74) is 2.67. The molecule has 30 heavy (non-hydrogen) atoms. The Balaban J connectivity index is 0.00000124. The Labute approximate surface area is 185 Å². The first-order valence-electron chi connectivity index (χ1n) is 9.38. The van der Waals surface area contributed by atoms with E-state index in [1.807, 2.05) is 36.4 Å². The Morgan fingerprint density at radius 3 is 2.37 bits per heavy atom. The van der Waals surface area contributed by atoms with Gasteiger partial charge in [0.25, 0.3) is 0 Å². The smallest absolute Gasteiger partial charge is 0.246 e. The van der Waals surface area contributed by atoms with Crippen LogP contribution in [0.1, 0.15) is 0 Å². The van der Waals surface area contributed by atoms with Crippen molar-refractivity contribution in [3.63, 3.8) is 0 Å². The van der Waals surface area contributed by atoms with Crippen LogP contribution in [0.2, 0.25) is 10.0 Å². The highest BCUT2D eigenvalue weighted by Crippen LogP contribution is 2.35. The van der Waals surface area contributed by atoms with Gasteiger partial charge in [0.1, 0.15) is 12.1 Å². The summed E-state index contributed by atoms with van der Waals surface area (Å²) in [6, 6.07) is 11.5. The van der Waals surface area contributed by atoms with Gasteiger partial charge in [-0.3, -0.25) is 4.79 Å². The average molecular weight is 445 g/mol. The molecule has 2 aromatic carbocycles. The molecule has 0 aliphatic carbocycles. The van der Waals surface area contributed by atoms with Crippen molar-refractivity contribution in [3.8, 4) is 11.1 Å². The molecule has 8 heteroatoms. The van der Waals surface area contributed by atoms with Crippen LogP contribution in [0.5, 0.6) is 0 Å². The molecule has 0 unspecified atom stereocenters. The van der Waals surface area contributed by atoms with Gasteiger partial charge >= 0.3 is 0 Å². The first-order chi connectivity index (χ1) is 14.6. The fraction of sp³-hybridized carbons (Fsp3) is 0.227. The monoisotopic (exact) mass is 444 g/mol. The van der Waals surface area contributed by atoms with Crippen LogP contribution in [0.4, 0.5) is 5.82 Å². The maximum atomic E-state index is 11.8. The summed E-state index contributed by atoms with van der Waals surface area (Å²) < 4.78 is 0. The number of aromatic nitrogens is 2. The molecule has 1 aromatic heterocycles. The third-order valence-electron chi connectivity index (χ3n) is 4.92. The van der Waals surface area contributed by atoms with Gasteiger partial charge in [0.05, 0.1) is 10.5 Å². The number of hydrogen-bond donors (Lipinski definition) is 1. The molecule has 1 amide bonds. The highest BCUT2D eigenvalue weighted by molar-refractivity contribution is 6.34. The minimum absolute atomic E-state index is 0.0380. The number of nitrogens with zero attached hydrogens (tertiary/aromatic N) is 4. The first kappa shape index (κ1) is 22.0.